The summed E-state index contributed by atoms with van der Waals surface area (Å²) in [5.74, 6) is 0.422. The van der Waals surface area contributed by atoms with Crippen molar-refractivity contribution in [3.8, 4) is 5.75 Å². The van der Waals surface area contributed by atoms with Gasteiger partial charge in [0.25, 0.3) is 0 Å². The fraction of sp³-hybridized carbons (Fsp3) is 0.759. The van der Waals surface area contributed by atoms with Crippen molar-refractivity contribution < 1.29 is 23.8 Å². The Morgan fingerprint density at radius 1 is 1.27 bits per heavy atom. The van der Waals surface area contributed by atoms with Gasteiger partial charge in [0.15, 0.2) is 11.6 Å². The number of methoxy groups -OCH3 is 1. The van der Waals surface area contributed by atoms with Gasteiger partial charge in [0, 0.05) is 50.9 Å². The lowest BCUT2D eigenvalue weighted by atomic mass is 9.73. The summed E-state index contributed by atoms with van der Waals surface area (Å²) < 4.78 is 26.3. The Bertz CT molecular complexity index is 850. The number of unbranched alkanes of at least 4 members (excludes halogenated alkanes) is 1. The van der Waals surface area contributed by atoms with Gasteiger partial charge in [-0.05, 0) is 76.3 Å². The van der Waals surface area contributed by atoms with Crippen molar-refractivity contribution in [3.05, 3.63) is 29.6 Å². The van der Waals surface area contributed by atoms with Gasteiger partial charge in [-0.15, -0.1) is 0 Å². The molecule has 0 spiro atoms. The van der Waals surface area contributed by atoms with Crippen LogP contribution < -0.4 is 15.4 Å². The molecule has 2 fully saturated rings. The zero-order valence-corrected chi connectivity index (χ0v) is 23.2. The second-order valence-electron chi connectivity index (χ2n) is 11.4. The zero-order valence-electron chi connectivity index (χ0n) is 23.2. The first-order chi connectivity index (χ1) is 17.8. The van der Waals surface area contributed by atoms with Crippen LogP contribution in [0.1, 0.15) is 70.8 Å². The predicted octanol–water partition coefficient (Wildman–Crippen LogP) is 4.67. The van der Waals surface area contributed by atoms with Crippen molar-refractivity contribution in [2.75, 3.05) is 47.0 Å². The molecule has 3 N–H and O–H groups in total. The number of aliphatic hydroxyl groups is 1. The number of nitrogens with one attached hydrogen (secondary N) is 2. The van der Waals surface area contributed by atoms with Crippen LogP contribution in [0.2, 0.25) is 0 Å². The number of para-hydroxylation sites is 1. The molecule has 2 aliphatic rings. The molecule has 3 rings (SSSR count). The lowest BCUT2D eigenvalue weighted by Crippen LogP contribution is -2.54. The van der Waals surface area contributed by atoms with E-state index in [1.807, 2.05) is 11.9 Å². The molecular weight excluding hydrogens is 473 g/mol. The van der Waals surface area contributed by atoms with Gasteiger partial charge in [0.05, 0.1) is 12.2 Å². The fourth-order valence-corrected chi connectivity index (χ4v) is 5.51. The van der Waals surface area contributed by atoms with E-state index in [4.69, 9.17) is 9.47 Å². The van der Waals surface area contributed by atoms with Crippen LogP contribution in [-0.4, -0.2) is 69.1 Å². The highest BCUT2D eigenvalue weighted by Crippen LogP contribution is 2.44. The Kier molecular flexibility index (Phi) is 11.5. The van der Waals surface area contributed by atoms with E-state index in [0.29, 0.717) is 56.7 Å². The zero-order chi connectivity index (χ0) is 26.8. The molecule has 1 saturated heterocycles. The van der Waals surface area contributed by atoms with Crippen LogP contribution in [0.15, 0.2) is 18.2 Å². The molecule has 0 unspecified atom stereocenters. The molecule has 1 aromatic carbocycles. The molecule has 7 nitrogen and oxygen atoms in total. The van der Waals surface area contributed by atoms with Crippen LogP contribution in [0.4, 0.5) is 9.18 Å². The number of urea groups is 1. The smallest absolute Gasteiger partial charge is 0.317 e. The SMILES string of the molecule is CNC[C@H](CC(C)C)NC(=O)N1CCC[C@@H]([C@@](O)(CCCCOC)c2cccc(F)c2OCC2CC2)C1. The number of rotatable bonds is 15. The number of piperidine rings is 1. The number of likely N-dealkylation sites (tertiary alicyclic amines) is 1. The van der Waals surface area contributed by atoms with Crippen molar-refractivity contribution in [2.45, 2.75) is 76.9 Å². The van der Waals surface area contributed by atoms with Gasteiger partial charge in [-0.25, -0.2) is 9.18 Å². The van der Waals surface area contributed by atoms with Gasteiger partial charge in [-0.3, -0.25) is 0 Å². The number of hydrogen-bond donors (Lipinski definition) is 3. The van der Waals surface area contributed by atoms with E-state index in [2.05, 4.69) is 24.5 Å². The highest BCUT2D eigenvalue weighted by molar-refractivity contribution is 5.74. The van der Waals surface area contributed by atoms with Crippen LogP contribution in [0.3, 0.4) is 0 Å². The summed E-state index contributed by atoms with van der Waals surface area (Å²) in [6.07, 6.45) is 6.61. The van der Waals surface area contributed by atoms with E-state index in [1.54, 1.807) is 19.2 Å². The second kappa shape index (κ2) is 14.3. The summed E-state index contributed by atoms with van der Waals surface area (Å²) in [5, 5.41) is 18.7. The van der Waals surface area contributed by atoms with E-state index < -0.39 is 11.4 Å². The Labute approximate surface area is 222 Å². The number of benzene rings is 1. The molecule has 1 aromatic rings. The van der Waals surface area contributed by atoms with Gasteiger partial charge in [-0.2, -0.15) is 0 Å². The topological polar surface area (TPSA) is 83.1 Å². The lowest BCUT2D eigenvalue weighted by Gasteiger charge is -2.43. The Balaban J connectivity index is 1.82. The Hall–Kier alpha value is -1.90. The summed E-state index contributed by atoms with van der Waals surface area (Å²) in [7, 11) is 3.56. The molecule has 1 aliphatic carbocycles. The van der Waals surface area contributed by atoms with Crippen LogP contribution in [0, 0.1) is 23.6 Å². The van der Waals surface area contributed by atoms with Crippen molar-refractivity contribution in [3.63, 3.8) is 0 Å². The summed E-state index contributed by atoms with van der Waals surface area (Å²) in [6, 6.07) is 4.78. The van der Waals surface area contributed by atoms with Gasteiger partial charge in [0.2, 0.25) is 0 Å². The van der Waals surface area contributed by atoms with Gasteiger partial charge < -0.3 is 30.1 Å². The summed E-state index contributed by atoms with van der Waals surface area (Å²) >= 11 is 0. The van der Waals surface area contributed by atoms with Crippen LogP contribution in [0.25, 0.3) is 0 Å². The Morgan fingerprint density at radius 2 is 2.05 bits per heavy atom. The first kappa shape index (κ1) is 29.7. The maximum Gasteiger partial charge on any atom is 0.317 e. The molecule has 3 atom stereocenters. The largest absolute Gasteiger partial charge is 0.490 e. The van der Waals surface area contributed by atoms with Crippen molar-refractivity contribution in [1.29, 1.82) is 0 Å². The third-order valence-corrected chi connectivity index (χ3v) is 7.67. The number of likely N-dealkylation sites (N-methyl/N-ethyl adjacent to an activating group) is 1. The minimum absolute atomic E-state index is 0.0384. The molecule has 210 valence electrons. The highest BCUT2D eigenvalue weighted by atomic mass is 19.1. The minimum Gasteiger partial charge on any atom is -0.490 e. The minimum atomic E-state index is -1.31. The molecule has 2 amide bonds. The second-order valence-corrected chi connectivity index (χ2v) is 11.4. The number of amides is 2. The van der Waals surface area contributed by atoms with E-state index in [1.165, 1.54) is 6.07 Å². The molecule has 0 bridgehead atoms. The summed E-state index contributed by atoms with van der Waals surface area (Å²) in [5.41, 5.74) is -0.804. The molecular formula is C29H48FN3O4. The summed E-state index contributed by atoms with van der Waals surface area (Å²) in [4.78, 5) is 15.1. The fourth-order valence-electron chi connectivity index (χ4n) is 5.51. The Morgan fingerprint density at radius 3 is 2.73 bits per heavy atom. The summed E-state index contributed by atoms with van der Waals surface area (Å²) in [6.45, 7) is 7.13. The number of carbonyl (C=O) groups is 1. The van der Waals surface area contributed by atoms with Gasteiger partial charge in [0.1, 0.15) is 0 Å². The van der Waals surface area contributed by atoms with E-state index in [0.717, 1.165) is 44.9 Å². The molecule has 37 heavy (non-hydrogen) atoms. The molecule has 8 heteroatoms. The highest BCUT2D eigenvalue weighted by Gasteiger charge is 2.43. The normalized spacial score (nSPS) is 20.5. The standard InChI is InChI=1S/C29H48FN3O4/c1-21(2)17-24(18-31-3)32-28(34)33-15-8-9-23(19-33)29(35,14-5-6-16-36-4)25-10-7-11-26(30)27(25)37-20-22-12-13-22/h7,10-11,21-24,31,35H,5-6,8-9,12-20H2,1-4H3,(H,32,34)/t23-,24+,29+/m1/s1. The molecule has 0 aromatic heterocycles. The molecule has 1 saturated carbocycles. The number of ether oxygens (including phenoxy) is 2. The third kappa shape index (κ3) is 8.55. The average molecular weight is 522 g/mol. The lowest BCUT2D eigenvalue weighted by molar-refractivity contribution is -0.0583. The maximum absolute atomic E-state index is 15.0. The van der Waals surface area contributed by atoms with E-state index >= 15 is 4.39 Å². The van der Waals surface area contributed by atoms with Gasteiger partial charge in [-0.1, -0.05) is 26.0 Å². The third-order valence-electron chi connectivity index (χ3n) is 7.67. The van der Waals surface area contributed by atoms with Crippen molar-refractivity contribution >= 4 is 6.03 Å². The van der Waals surface area contributed by atoms with Crippen LogP contribution in [0.5, 0.6) is 5.75 Å². The number of nitrogens with zero attached hydrogens (tertiary/aromatic N) is 1. The number of hydrogen-bond acceptors (Lipinski definition) is 5. The molecule has 1 aliphatic heterocycles. The first-order valence-electron chi connectivity index (χ1n) is 14.1. The van der Waals surface area contributed by atoms with E-state index in [9.17, 15) is 9.90 Å². The van der Waals surface area contributed by atoms with Crippen LogP contribution >= 0.6 is 0 Å². The monoisotopic (exact) mass is 521 g/mol. The number of carbonyl (C=O) groups excluding carboxylic acids is 1. The molecule has 0 radical (unpaired) electrons. The van der Waals surface area contributed by atoms with Gasteiger partial charge >= 0.3 is 6.03 Å². The van der Waals surface area contributed by atoms with Crippen molar-refractivity contribution in [2.24, 2.45) is 17.8 Å². The quantitative estimate of drug-likeness (QED) is 0.292. The maximum atomic E-state index is 15.0. The van der Waals surface area contributed by atoms with E-state index in [-0.39, 0.29) is 23.7 Å². The molecule has 1 heterocycles. The van der Waals surface area contributed by atoms with Crippen molar-refractivity contribution in [1.82, 2.24) is 15.5 Å². The van der Waals surface area contributed by atoms with Crippen LogP contribution in [-0.2, 0) is 10.3 Å². The average Bonchev–Trinajstić information content (AvgIpc) is 3.70. The first-order valence-corrected chi connectivity index (χ1v) is 14.1. The number of halogens is 1. The predicted molar refractivity (Wildman–Crippen MR) is 144 cm³/mol.